The van der Waals surface area contributed by atoms with Crippen molar-refractivity contribution in [2.24, 2.45) is 4.99 Å². The van der Waals surface area contributed by atoms with E-state index < -0.39 is 0 Å². The van der Waals surface area contributed by atoms with Gasteiger partial charge >= 0.3 is 0 Å². The molecule has 1 heterocycles. The Labute approximate surface area is 166 Å². The van der Waals surface area contributed by atoms with Crippen LogP contribution in [-0.4, -0.2) is 62.1 Å². The molecule has 2 aliphatic rings. The highest BCUT2D eigenvalue weighted by atomic mass is 127. The van der Waals surface area contributed by atoms with Crippen LogP contribution in [0.5, 0.6) is 5.75 Å². The third-order valence-corrected chi connectivity index (χ3v) is 4.96. The second kappa shape index (κ2) is 9.56. The Morgan fingerprint density at radius 3 is 2.56 bits per heavy atom. The van der Waals surface area contributed by atoms with Gasteiger partial charge in [0.25, 0.3) is 0 Å². The number of nitrogens with one attached hydrogen (secondary N) is 1. The third-order valence-electron chi connectivity index (χ3n) is 4.96. The quantitative estimate of drug-likeness (QED) is 0.425. The summed E-state index contributed by atoms with van der Waals surface area (Å²) < 4.78 is 18.9. The summed E-state index contributed by atoms with van der Waals surface area (Å²) in [5.74, 6) is 1.55. The molecule has 1 N–H and O–H groups in total. The first-order valence-electron chi connectivity index (χ1n) is 8.72. The maximum atomic E-state index is 13.5. The van der Waals surface area contributed by atoms with Crippen molar-refractivity contribution in [3.05, 3.63) is 29.6 Å². The maximum Gasteiger partial charge on any atom is 0.193 e. The van der Waals surface area contributed by atoms with Gasteiger partial charge in [0.1, 0.15) is 11.6 Å². The van der Waals surface area contributed by atoms with E-state index >= 15 is 0 Å². The average Bonchev–Trinajstić information content (AvgIpc) is 2.55. The van der Waals surface area contributed by atoms with Gasteiger partial charge in [0, 0.05) is 51.4 Å². The highest BCUT2D eigenvalue weighted by Crippen LogP contribution is 2.22. The normalized spacial score (nSPS) is 19.2. The summed E-state index contributed by atoms with van der Waals surface area (Å²) in [5.41, 5.74) is 0.905. The van der Waals surface area contributed by atoms with E-state index in [4.69, 9.17) is 4.74 Å². The number of benzene rings is 1. The number of nitrogens with zero attached hydrogens (tertiary/aromatic N) is 3. The number of aliphatic imine (C=N–C) groups is 1. The lowest BCUT2D eigenvalue weighted by atomic mass is 9.93. The predicted molar refractivity (Wildman–Crippen MR) is 109 cm³/mol. The lowest BCUT2D eigenvalue weighted by Gasteiger charge is -2.39. The monoisotopic (exact) mass is 462 g/mol. The summed E-state index contributed by atoms with van der Waals surface area (Å²) in [5, 5.41) is 3.55. The molecule has 0 radical (unpaired) electrons. The molecule has 0 bridgehead atoms. The van der Waals surface area contributed by atoms with E-state index in [9.17, 15) is 4.39 Å². The predicted octanol–water partition coefficient (Wildman–Crippen LogP) is 2.70. The summed E-state index contributed by atoms with van der Waals surface area (Å²) in [6.45, 7) is 4.45. The van der Waals surface area contributed by atoms with Crippen molar-refractivity contribution in [3.63, 3.8) is 0 Å². The van der Waals surface area contributed by atoms with Crippen molar-refractivity contribution in [2.75, 3.05) is 40.3 Å². The highest BCUT2D eigenvalue weighted by molar-refractivity contribution is 14.0. The second-order valence-corrected chi connectivity index (χ2v) is 6.54. The van der Waals surface area contributed by atoms with Crippen LogP contribution in [0.1, 0.15) is 24.8 Å². The van der Waals surface area contributed by atoms with Gasteiger partial charge in [0.15, 0.2) is 5.96 Å². The number of hydrogen-bond donors (Lipinski definition) is 1. The Balaban J connectivity index is 0.00000225. The van der Waals surface area contributed by atoms with Gasteiger partial charge in [0.05, 0.1) is 7.11 Å². The first kappa shape index (κ1) is 20.2. The fourth-order valence-corrected chi connectivity index (χ4v) is 3.26. The Bertz CT molecular complexity index is 586. The van der Waals surface area contributed by atoms with Crippen LogP contribution in [0.2, 0.25) is 0 Å². The van der Waals surface area contributed by atoms with Gasteiger partial charge in [0.2, 0.25) is 0 Å². The van der Waals surface area contributed by atoms with Gasteiger partial charge in [-0.05, 0) is 37.5 Å². The lowest BCUT2D eigenvalue weighted by molar-refractivity contribution is 0.169. The summed E-state index contributed by atoms with van der Waals surface area (Å²) in [4.78, 5) is 9.08. The first-order chi connectivity index (χ1) is 11.7. The van der Waals surface area contributed by atoms with Gasteiger partial charge in [-0.15, -0.1) is 24.0 Å². The summed E-state index contributed by atoms with van der Waals surface area (Å²) >= 11 is 0. The fraction of sp³-hybridized carbons (Fsp3) is 0.611. The molecule has 1 saturated heterocycles. The molecule has 1 aromatic rings. The van der Waals surface area contributed by atoms with Crippen LogP contribution in [-0.2, 0) is 6.54 Å². The summed E-state index contributed by atoms with van der Waals surface area (Å²) in [7, 11) is 3.48. The Morgan fingerprint density at radius 1 is 1.28 bits per heavy atom. The zero-order chi connectivity index (χ0) is 16.9. The standard InChI is InChI=1S/C18H27FN4O.HI/c1-20-18(21-16-4-3-5-16)23-10-8-22(9-11-23)13-14-12-15(19)6-7-17(14)24-2;/h6-7,12,16H,3-5,8-11,13H2,1-2H3,(H,20,21);1H. The van der Waals surface area contributed by atoms with Crippen LogP contribution < -0.4 is 10.1 Å². The molecule has 5 nitrogen and oxygen atoms in total. The summed E-state index contributed by atoms with van der Waals surface area (Å²) in [6.07, 6.45) is 3.81. The molecular formula is C18H28FIN4O. The van der Waals surface area contributed by atoms with Crippen molar-refractivity contribution in [1.82, 2.24) is 15.1 Å². The molecule has 1 saturated carbocycles. The zero-order valence-corrected chi connectivity index (χ0v) is 17.3. The van der Waals surface area contributed by atoms with E-state index in [0.29, 0.717) is 12.6 Å². The molecule has 140 valence electrons. The third kappa shape index (κ3) is 5.20. The first-order valence-corrected chi connectivity index (χ1v) is 8.72. The van der Waals surface area contributed by atoms with Crippen LogP contribution in [0.3, 0.4) is 0 Å². The molecule has 0 aromatic heterocycles. The molecule has 7 heteroatoms. The second-order valence-electron chi connectivity index (χ2n) is 6.54. The molecule has 1 aromatic carbocycles. The van der Waals surface area contributed by atoms with E-state index in [2.05, 4.69) is 20.1 Å². The number of guanidine groups is 1. The highest BCUT2D eigenvalue weighted by Gasteiger charge is 2.24. The molecule has 0 unspecified atom stereocenters. The SMILES string of the molecule is CN=C(NC1CCC1)N1CCN(Cc2cc(F)ccc2OC)CC1.I. The topological polar surface area (TPSA) is 40.1 Å². The van der Waals surface area contributed by atoms with E-state index in [1.807, 2.05) is 7.05 Å². The Hall–Kier alpha value is -1.09. The number of methoxy groups -OCH3 is 1. The van der Waals surface area contributed by atoms with Gasteiger partial charge < -0.3 is 15.0 Å². The van der Waals surface area contributed by atoms with Crippen LogP contribution >= 0.6 is 24.0 Å². The minimum atomic E-state index is -0.213. The number of ether oxygens (including phenoxy) is 1. The van der Waals surface area contributed by atoms with Crippen molar-refractivity contribution >= 4 is 29.9 Å². The van der Waals surface area contributed by atoms with E-state index in [1.165, 1.54) is 25.3 Å². The number of piperazine rings is 1. The van der Waals surface area contributed by atoms with Gasteiger partial charge in [-0.3, -0.25) is 9.89 Å². The van der Waals surface area contributed by atoms with E-state index in [0.717, 1.165) is 43.5 Å². The number of halogens is 2. The van der Waals surface area contributed by atoms with Gasteiger partial charge in [-0.1, -0.05) is 0 Å². The molecule has 2 fully saturated rings. The van der Waals surface area contributed by atoms with E-state index in [1.54, 1.807) is 19.2 Å². The fourth-order valence-electron chi connectivity index (χ4n) is 3.26. The smallest absolute Gasteiger partial charge is 0.193 e. The molecular weight excluding hydrogens is 434 g/mol. The molecule has 1 aliphatic carbocycles. The molecule has 0 spiro atoms. The zero-order valence-electron chi connectivity index (χ0n) is 15.0. The van der Waals surface area contributed by atoms with Crippen LogP contribution in [0, 0.1) is 5.82 Å². The summed E-state index contributed by atoms with van der Waals surface area (Å²) in [6, 6.07) is 5.31. The lowest BCUT2D eigenvalue weighted by Crippen LogP contribution is -2.54. The average molecular weight is 462 g/mol. The van der Waals surface area contributed by atoms with Crippen LogP contribution in [0.15, 0.2) is 23.2 Å². The minimum Gasteiger partial charge on any atom is -0.496 e. The largest absolute Gasteiger partial charge is 0.496 e. The van der Waals surface area contributed by atoms with E-state index in [-0.39, 0.29) is 29.8 Å². The minimum absolute atomic E-state index is 0. The van der Waals surface area contributed by atoms with Crippen LogP contribution in [0.25, 0.3) is 0 Å². The van der Waals surface area contributed by atoms with Gasteiger partial charge in [-0.2, -0.15) is 0 Å². The molecule has 3 rings (SSSR count). The van der Waals surface area contributed by atoms with Gasteiger partial charge in [-0.25, -0.2) is 4.39 Å². The van der Waals surface area contributed by atoms with Crippen molar-refractivity contribution in [1.29, 1.82) is 0 Å². The molecule has 25 heavy (non-hydrogen) atoms. The van der Waals surface area contributed by atoms with Crippen molar-refractivity contribution in [3.8, 4) is 5.75 Å². The van der Waals surface area contributed by atoms with Crippen molar-refractivity contribution in [2.45, 2.75) is 31.8 Å². The molecule has 1 aliphatic heterocycles. The Morgan fingerprint density at radius 2 is 2.00 bits per heavy atom. The van der Waals surface area contributed by atoms with Crippen molar-refractivity contribution < 1.29 is 9.13 Å². The Kier molecular flexibility index (Phi) is 7.74. The maximum absolute atomic E-state index is 13.5. The van der Waals surface area contributed by atoms with Crippen LogP contribution in [0.4, 0.5) is 4.39 Å². The number of rotatable bonds is 4. The molecule has 0 atom stereocenters. The molecule has 0 amide bonds. The number of hydrogen-bond acceptors (Lipinski definition) is 3.